The Hall–Kier alpha value is -3.25. The van der Waals surface area contributed by atoms with Gasteiger partial charge in [-0.1, -0.05) is 48.5 Å². The minimum atomic E-state index is -0.461. The third-order valence-electron chi connectivity index (χ3n) is 4.04. The molecule has 0 aliphatic heterocycles. The van der Waals surface area contributed by atoms with Gasteiger partial charge in [-0.25, -0.2) is 0 Å². The van der Waals surface area contributed by atoms with Gasteiger partial charge in [0.15, 0.2) is 4.80 Å². The Morgan fingerprint density at radius 3 is 2.69 bits per heavy atom. The highest BCUT2D eigenvalue weighted by molar-refractivity contribution is 7.07. The van der Waals surface area contributed by atoms with Crippen molar-refractivity contribution >= 4 is 28.0 Å². The molecule has 26 heavy (non-hydrogen) atoms. The highest BCUT2D eigenvalue weighted by Gasteiger charge is 2.09. The van der Waals surface area contributed by atoms with Crippen molar-refractivity contribution in [2.45, 2.75) is 6.54 Å². The molecule has 4 aromatic rings. The largest absolute Gasteiger partial charge is 0.319 e. The second-order valence-corrected chi connectivity index (χ2v) is 6.69. The maximum Gasteiger partial charge on any atom is 0.296 e. The van der Waals surface area contributed by atoms with Crippen LogP contribution in [-0.4, -0.2) is 15.5 Å². The molecule has 0 radical (unpaired) electrons. The molecule has 128 valence electrons. The Morgan fingerprint density at radius 1 is 1.08 bits per heavy atom. The lowest BCUT2D eigenvalue weighted by molar-refractivity contribution is 0.0993. The third kappa shape index (κ3) is 3.27. The van der Waals surface area contributed by atoms with Gasteiger partial charge >= 0.3 is 0 Å². The number of amides is 1. The van der Waals surface area contributed by atoms with Crippen molar-refractivity contribution < 1.29 is 4.79 Å². The number of benzene rings is 2. The molecule has 0 aliphatic carbocycles. The summed E-state index contributed by atoms with van der Waals surface area (Å²) in [7, 11) is 0. The molecule has 2 aromatic heterocycles. The molecule has 4 rings (SSSR count). The highest BCUT2D eigenvalue weighted by Crippen LogP contribution is 2.10. The number of aromatic nitrogens is 2. The molecule has 1 N–H and O–H groups in total. The lowest BCUT2D eigenvalue weighted by atomic mass is 10.1. The fourth-order valence-electron chi connectivity index (χ4n) is 2.76. The van der Waals surface area contributed by atoms with Gasteiger partial charge in [0.25, 0.3) is 11.5 Å². The van der Waals surface area contributed by atoms with E-state index in [1.54, 1.807) is 18.2 Å². The lowest BCUT2D eigenvalue weighted by Crippen LogP contribution is -2.19. The van der Waals surface area contributed by atoms with Crippen molar-refractivity contribution in [1.29, 1.82) is 0 Å². The molecule has 0 saturated heterocycles. The van der Waals surface area contributed by atoms with Gasteiger partial charge in [-0.2, -0.15) is 4.99 Å². The van der Waals surface area contributed by atoms with Crippen LogP contribution in [0.2, 0.25) is 0 Å². The maximum atomic E-state index is 12.6. The summed E-state index contributed by atoms with van der Waals surface area (Å²) in [5.41, 5.74) is 1.03. The van der Waals surface area contributed by atoms with Crippen molar-refractivity contribution in [3.8, 4) is 0 Å². The number of carbonyl (C=O) groups excluding carboxylic acids is 1. The molecule has 0 saturated carbocycles. The molecule has 1 amide bonds. The summed E-state index contributed by atoms with van der Waals surface area (Å²) < 4.78 is 1.91. The van der Waals surface area contributed by atoms with Crippen molar-refractivity contribution in [2.75, 3.05) is 0 Å². The molecule has 2 aromatic carbocycles. The number of rotatable bonds is 3. The SMILES string of the molecule is O=C(N=c1sccn1Cc1ccccc1)c1cc2ccccc2c(=O)[nH]1. The number of fused-ring (bicyclic) bond motifs is 1. The number of aromatic amines is 1. The zero-order valence-corrected chi connectivity index (χ0v) is 14.6. The van der Waals surface area contributed by atoms with E-state index in [1.807, 2.05) is 58.6 Å². The Kier molecular flexibility index (Phi) is 4.33. The average Bonchev–Trinajstić information content (AvgIpc) is 3.09. The van der Waals surface area contributed by atoms with E-state index in [2.05, 4.69) is 9.98 Å². The average molecular weight is 361 g/mol. The van der Waals surface area contributed by atoms with Gasteiger partial charge in [0.1, 0.15) is 5.69 Å². The smallest absolute Gasteiger partial charge is 0.296 e. The van der Waals surface area contributed by atoms with Crippen LogP contribution in [0.15, 0.2) is 82.0 Å². The molecule has 0 aliphatic rings. The van der Waals surface area contributed by atoms with Crippen LogP contribution in [0.5, 0.6) is 0 Å². The summed E-state index contributed by atoms with van der Waals surface area (Å²) in [6.45, 7) is 0.630. The minimum Gasteiger partial charge on any atom is -0.319 e. The quantitative estimate of drug-likeness (QED) is 0.609. The van der Waals surface area contributed by atoms with Crippen LogP contribution in [0.4, 0.5) is 0 Å². The minimum absolute atomic E-state index is 0.188. The standard InChI is InChI=1S/C20H15N3O2S/c24-18-16-9-5-4-8-15(16)12-17(21-18)19(25)22-20-23(10-11-26-20)13-14-6-2-1-3-7-14/h1-12H,13H2,(H,21,24). The van der Waals surface area contributed by atoms with Crippen LogP contribution in [0.1, 0.15) is 16.1 Å². The summed E-state index contributed by atoms with van der Waals surface area (Å²) in [4.78, 5) is 32.2. The molecule has 6 heteroatoms. The maximum absolute atomic E-state index is 12.6. The molecule has 0 fully saturated rings. The Labute approximate surface area is 152 Å². The van der Waals surface area contributed by atoms with Crippen molar-refractivity contribution in [1.82, 2.24) is 9.55 Å². The molecular weight excluding hydrogens is 346 g/mol. The Balaban J connectivity index is 1.70. The monoisotopic (exact) mass is 361 g/mol. The van der Waals surface area contributed by atoms with Crippen LogP contribution in [-0.2, 0) is 6.54 Å². The number of nitrogens with one attached hydrogen (secondary N) is 1. The number of carbonyl (C=O) groups is 1. The van der Waals surface area contributed by atoms with Gasteiger partial charge in [0.2, 0.25) is 0 Å². The van der Waals surface area contributed by atoms with E-state index < -0.39 is 5.91 Å². The molecular formula is C20H15N3O2S. The summed E-state index contributed by atoms with van der Waals surface area (Å²) in [5, 5.41) is 3.16. The summed E-state index contributed by atoms with van der Waals surface area (Å²) in [5.74, 6) is -0.461. The van der Waals surface area contributed by atoms with E-state index in [0.717, 1.165) is 10.9 Å². The van der Waals surface area contributed by atoms with Gasteiger partial charge in [-0.15, -0.1) is 11.3 Å². The van der Waals surface area contributed by atoms with Crippen molar-refractivity contribution in [2.24, 2.45) is 4.99 Å². The normalized spacial score (nSPS) is 11.8. The zero-order chi connectivity index (χ0) is 17.9. The van der Waals surface area contributed by atoms with E-state index in [0.29, 0.717) is 16.7 Å². The third-order valence-corrected chi connectivity index (χ3v) is 4.83. The van der Waals surface area contributed by atoms with Crippen LogP contribution in [0, 0.1) is 0 Å². The Bertz CT molecular complexity index is 1200. The van der Waals surface area contributed by atoms with Gasteiger partial charge in [0, 0.05) is 23.5 Å². The lowest BCUT2D eigenvalue weighted by Gasteiger charge is -2.03. The molecule has 0 bridgehead atoms. The number of H-pyrrole nitrogens is 1. The molecule has 0 unspecified atom stereocenters. The topological polar surface area (TPSA) is 67.2 Å². The van der Waals surface area contributed by atoms with E-state index in [-0.39, 0.29) is 11.3 Å². The molecule has 5 nitrogen and oxygen atoms in total. The first-order chi connectivity index (χ1) is 12.7. The summed E-state index contributed by atoms with van der Waals surface area (Å²) in [6, 6.07) is 18.8. The van der Waals surface area contributed by atoms with Crippen LogP contribution < -0.4 is 10.4 Å². The molecule has 2 heterocycles. The number of hydrogen-bond donors (Lipinski definition) is 1. The molecule has 0 spiro atoms. The van der Waals surface area contributed by atoms with Crippen LogP contribution in [0.25, 0.3) is 10.8 Å². The number of pyridine rings is 1. The first-order valence-electron chi connectivity index (χ1n) is 8.10. The fraction of sp³-hybridized carbons (Fsp3) is 0.0500. The Morgan fingerprint density at radius 2 is 1.85 bits per heavy atom. The van der Waals surface area contributed by atoms with Gasteiger partial charge in [0.05, 0.1) is 0 Å². The number of thiazole rings is 1. The first kappa shape index (κ1) is 16.2. The molecule has 0 atom stereocenters. The first-order valence-corrected chi connectivity index (χ1v) is 8.98. The predicted octanol–water partition coefficient (Wildman–Crippen LogP) is 3.18. The van der Waals surface area contributed by atoms with Crippen LogP contribution >= 0.6 is 11.3 Å². The zero-order valence-electron chi connectivity index (χ0n) is 13.8. The van der Waals surface area contributed by atoms with Gasteiger partial charge in [-0.05, 0) is 23.1 Å². The number of hydrogen-bond acceptors (Lipinski definition) is 3. The van der Waals surface area contributed by atoms with Gasteiger partial charge in [-0.3, -0.25) is 9.59 Å². The second-order valence-electron chi connectivity index (χ2n) is 5.82. The number of nitrogens with zero attached hydrogens (tertiary/aromatic N) is 2. The van der Waals surface area contributed by atoms with Crippen LogP contribution in [0.3, 0.4) is 0 Å². The van der Waals surface area contributed by atoms with Crippen molar-refractivity contribution in [3.05, 3.63) is 98.7 Å². The van der Waals surface area contributed by atoms with E-state index in [9.17, 15) is 9.59 Å². The highest BCUT2D eigenvalue weighted by atomic mass is 32.1. The van der Waals surface area contributed by atoms with E-state index >= 15 is 0 Å². The van der Waals surface area contributed by atoms with Gasteiger partial charge < -0.3 is 9.55 Å². The summed E-state index contributed by atoms with van der Waals surface area (Å²) >= 11 is 1.38. The van der Waals surface area contributed by atoms with E-state index in [4.69, 9.17) is 0 Å². The second kappa shape index (κ2) is 6.93. The summed E-state index contributed by atoms with van der Waals surface area (Å²) in [6.07, 6.45) is 1.90. The van der Waals surface area contributed by atoms with Crippen molar-refractivity contribution in [3.63, 3.8) is 0 Å². The predicted molar refractivity (Wildman–Crippen MR) is 102 cm³/mol. The fourth-order valence-corrected chi connectivity index (χ4v) is 3.49. The van der Waals surface area contributed by atoms with E-state index in [1.165, 1.54) is 11.3 Å².